The van der Waals surface area contributed by atoms with Crippen LogP contribution in [0.15, 0.2) is 5.16 Å². The zero-order chi connectivity index (χ0) is 10.8. The van der Waals surface area contributed by atoms with E-state index in [9.17, 15) is 0 Å². The van der Waals surface area contributed by atoms with E-state index < -0.39 is 0 Å². The molecule has 5 heteroatoms. The zero-order valence-corrected chi connectivity index (χ0v) is 8.74. The van der Waals surface area contributed by atoms with Crippen LogP contribution in [0.5, 0.6) is 0 Å². The molecule has 0 aromatic carbocycles. The lowest BCUT2D eigenvalue weighted by Gasteiger charge is -2.15. The summed E-state index contributed by atoms with van der Waals surface area (Å²) in [4.78, 5) is 0. The van der Waals surface area contributed by atoms with Gasteiger partial charge in [0.1, 0.15) is 5.84 Å². The summed E-state index contributed by atoms with van der Waals surface area (Å²) in [6.45, 7) is 3.12. The lowest BCUT2D eigenvalue weighted by Crippen LogP contribution is -2.30. The van der Waals surface area contributed by atoms with Crippen LogP contribution < -0.4 is 11.1 Å². The Kier molecular flexibility index (Phi) is 8.27. The molecule has 14 heavy (non-hydrogen) atoms. The predicted octanol–water partition coefficient (Wildman–Crippen LogP) is 0.264. The Balaban J connectivity index is 3.41. The molecule has 0 amide bonds. The highest BCUT2D eigenvalue weighted by molar-refractivity contribution is 5.79. The number of aliphatic hydroxyl groups is 1. The molecule has 0 aromatic heterocycles. The number of nitrogens with two attached hydrogens (primary N) is 1. The zero-order valence-electron chi connectivity index (χ0n) is 8.74. The summed E-state index contributed by atoms with van der Waals surface area (Å²) >= 11 is 0. The molecule has 1 unspecified atom stereocenters. The molecule has 0 aliphatic heterocycles. The molecule has 0 aliphatic rings. The number of hydrogen-bond donors (Lipinski definition) is 4. The first-order valence-corrected chi connectivity index (χ1v) is 5.05. The van der Waals surface area contributed by atoms with Crippen molar-refractivity contribution in [1.82, 2.24) is 5.32 Å². The van der Waals surface area contributed by atoms with Crippen molar-refractivity contribution >= 4 is 5.84 Å². The summed E-state index contributed by atoms with van der Waals surface area (Å²) in [6.07, 6.45) is 3.22. The van der Waals surface area contributed by atoms with E-state index >= 15 is 0 Å². The summed E-state index contributed by atoms with van der Waals surface area (Å²) in [5, 5.41) is 23.2. The fraction of sp³-hybridized carbons (Fsp3) is 0.889. The number of nitrogens with zero attached hydrogens (tertiary/aromatic N) is 1. The molecule has 5 N–H and O–H groups in total. The van der Waals surface area contributed by atoms with Gasteiger partial charge in [-0.15, -0.1) is 0 Å². The van der Waals surface area contributed by atoms with Gasteiger partial charge in [-0.25, -0.2) is 0 Å². The maximum Gasteiger partial charge on any atom is 0.139 e. The normalized spacial score (nSPS) is 14.3. The van der Waals surface area contributed by atoms with Crippen molar-refractivity contribution in [3.63, 3.8) is 0 Å². The van der Waals surface area contributed by atoms with Crippen LogP contribution >= 0.6 is 0 Å². The molecule has 0 radical (unpaired) electrons. The summed E-state index contributed by atoms with van der Waals surface area (Å²) in [7, 11) is 0. The number of hydrogen-bond acceptors (Lipinski definition) is 4. The van der Waals surface area contributed by atoms with Crippen LogP contribution in [0.4, 0.5) is 0 Å². The molecule has 0 aromatic rings. The summed E-state index contributed by atoms with van der Waals surface area (Å²) < 4.78 is 0. The highest BCUT2D eigenvalue weighted by Crippen LogP contribution is 1.97. The number of oxime groups is 1. The third kappa shape index (κ3) is 6.68. The third-order valence-electron chi connectivity index (χ3n) is 2.14. The van der Waals surface area contributed by atoms with Crippen molar-refractivity contribution < 1.29 is 10.3 Å². The smallest absolute Gasteiger partial charge is 0.139 e. The molecule has 0 heterocycles. The molecular formula is C9H21N3O2. The minimum atomic E-state index is 0.214. The molecular weight excluding hydrogens is 182 g/mol. The molecule has 0 saturated carbocycles. The van der Waals surface area contributed by atoms with Gasteiger partial charge in [-0.05, 0) is 25.8 Å². The van der Waals surface area contributed by atoms with Crippen LogP contribution in [0, 0.1) is 0 Å². The van der Waals surface area contributed by atoms with Crippen LogP contribution in [-0.2, 0) is 0 Å². The Morgan fingerprint density at radius 3 is 2.79 bits per heavy atom. The average Bonchev–Trinajstić information content (AvgIpc) is 2.22. The van der Waals surface area contributed by atoms with Crippen molar-refractivity contribution in [1.29, 1.82) is 0 Å². The van der Waals surface area contributed by atoms with Gasteiger partial charge in [0.15, 0.2) is 0 Å². The van der Waals surface area contributed by atoms with E-state index in [1.807, 2.05) is 0 Å². The topological polar surface area (TPSA) is 90.9 Å². The van der Waals surface area contributed by atoms with Crippen LogP contribution in [0.3, 0.4) is 0 Å². The Morgan fingerprint density at radius 2 is 2.29 bits per heavy atom. The minimum absolute atomic E-state index is 0.214. The first-order chi connectivity index (χ1) is 6.74. The first-order valence-electron chi connectivity index (χ1n) is 5.05. The standard InChI is InChI=1S/C9H21N3O2/c1-2-8(5-7-13)11-6-3-4-9(10)12-14/h8,11,13-14H,2-7H2,1H3,(H2,10,12). The molecule has 84 valence electrons. The Bertz CT molecular complexity index is 162. The van der Waals surface area contributed by atoms with E-state index in [1.165, 1.54) is 0 Å². The van der Waals surface area contributed by atoms with E-state index in [4.69, 9.17) is 16.0 Å². The maximum absolute atomic E-state index is 8.74. The number of amidine groups is 1. The van der Waals surface area contributed by atoms with Crippen molar-refractivity contribution in [3.8, 4) is 0 Å². The molecule has 0 fully saturated rings. The second-order valence-corrected chi connectivity index (χ2v) is 3.27. The Labute approximate surface area is 85.0 Å². The summed E-state index contributed by atoms with van der Waals surface area (Å²) in [5.41, 5.74) is 5.31. The van der Waals surface area contributed by atoms with Gasteiger partial charge < -0.3 is 21.4 Å². The number of aliphatic hydroxyl groups excluding tert-OH is 1. The summed E-state index contributed by atoms with van der Waals surface area (Å²) in [6, 6.07) is 0.368. The molecule has 0 spiro atoms. The van der Waals surface area contributed by atoms with Gasteiger partial charge in [-0.1, -0.05) is 12.1 Å². The SMILES string of the molecule is CCC(CCO)NCCCC(N)=NO. The Hall–Kier alpha value is -0.810. The van der Waals surface area contributed by atoms with Gasteiger partial charge in [0.25, 0.3) is 0 Å². The van der Waals surface area contributed by atoms with E-state index in [-0.39, 0.29) is 12.4 Å². The van der Waals surface area contributed by atoms with Crippen molar-refractivity contribution in [3.05, 3.63) is 0 Å². The van der Waals surface area contributed by atoms with Gasteiger partial charge in [-0.2, -0.15) is 0 Å². The van der Waals surface area contributed by atoms with Crippen molar-refractivity contribution in [2.24, 2.45) is 10.9 Å². The quantitative estimate of drug-likeness (QED) is 0.150. The fourth-order valence-electron chi connectivity index (χ4n) is 1.23. The van der Waals surface area contributed by atoms with Gasteiger partial charge in [0.05, 0.1) is 0 Å². The molecule has 0 saturated heterocycles. The van der Waals surface area contributed by atoms with Crippen molar-refractivity contribution in [2.75, 3.05) is 13.2 Å². The summed E-state index contributed by atoms with van der Waals surface area (Å²) in [5.74, 6) is 0.266. The molecule has 0 rings (SSSR count). The second-order valence-electron chi connectivity index (χ2n) is 3.27. The van der Waals surface area contributed by atoms with Crippen LogP contribution in [0.1, 0.15) is 32.6 Å². The molecule has 0 aliphatic carbocycles. The van der Waals surface area contributed by atoms with E-state index in [0.717, 1.165) is 25.8 Å². The highest BCUT2D eigenvalue weighted by atomic mass is 16.4. The highest BCUT2D eigenvalue weighted by Gasteiger charge is 2.03. The number of nitrogens with one attached hydrogen (secondary N) is 1. The van der Waals surface area contributed by atoms with Crippen molar-refractivity contribution in [2.45, 2.75) is 38.6 Å². The lowest BCUT2D eigenvalue weighted by atomic mass is 10.1. The minimum Gasteiger partial charge on any atom is -0.409 e. The maximum atomic E-state index is 8.74. The second kappa shape index (κ2) is 8.77. The molecule has 0 bridgehead atoms. The van der Waals surface area contributed by atoms with Gasteiger partial charge in [-0.3, -0.25) is 0 Å². The van der Waals surface area contributed by atoms with E-state index in [1.54, 1.807) is 0 Å². The van der Waals surface area contributed by atoms with Crippen LogP contribution in [0.25, 0.3) is 0 Å². The van der Waals surface area contributed by atoms with Gasteiger partial charge >= 0.3 is 0 Å². The van der Waals surface area contributed by atoms with E-state index in [0.29, 0.717) is 12.5 Å². The monoisotopic (exact) mass is 203 g/mol. The number of rotatable bonds is 8. The Morgan fingerprint density at radius 1 is 1.57 bits per heavy atom. The predicted molar refractivity (Wildman–Crippen MR) is 56.4 cm³/mol. The first kappa shape index (κ1) is 13.2. The fourth-order valence-corrected chi connectivity index (χ4v) is 1.23. The van der Waals surface area contributed by atoms with Crippen LogP contribution in [-0.4, -0.2) is 35.3 Å². The van der Waals surface area contributed by atoms with Gasteiger partial charge in [0, 0.05) is 19.1 Å². The molecule has 5 nitrogen and oxygen atoms in total. The van der Waals surface area contributed by atoms with E-state index in [2.05, 4.69) is 17.4 Å². The third-order valence-corrected chi connectivity index (χ3v) is 2.14. The van der Waals surface area contributed by atoms with Crippen LogP contribution in [0.2, 0.25) is 0 Å². The lowest BCUT2D eigenvalue weighted by molar-refractivity contribution is 0.262. The average molecular weight is 203 g/mol. The molecule has 1 atom stereocenters. The van der Waals surface area contributed by atoms with Gasteiger partial charge in [0.2, 0.25) is 0 Å². The largest absolute Gasteiger partial charge is 0.409 e.